The molecule has 7 atom stereocenters. The van der Waals surface area contributed by atoms with Crippen LogP contribution in [0.1, 0.15) is 64.4 Å². The molecular weight excluding hydrogens is 361 g/mol. The Balaban J connectivity index is 1.49. The number of carbonyl (C=O) groups is 1. The second-order valence-corrected chi connectivity index (χ2v) is 11.1. The van der Waals surface area contributed by atoms with Crippen LogP contribution in [-0.2, 0) is 11.3 Å². The number of hydrogen-bond donors (Lipinski definition) is 0. The summed E-state index contributed by atoms with van der Waals surface area (Å²) in [6.45, 7) is 5.64. The third kappa shape index (κ3) is 2.80. The largest absolute Gasteiger partial charge is 0.338 e. The summed E-state index contributed by atoms with van der Waals surface area (Å²) in [5, 5.41) is 0. The average Bonchev–Trinajstić information content (AvgIpc) is 3.09. The van der Waals surface area contributed by atoms with Crippen molar-refractivity contribution in [2.75, 3.05) is 7.05 Å². The molecule has 3 aliphatic carbocycles. The zero-order valence-electron chi connectivity index (χ0n) is 18.2. The van der Waals surface area contributed by atoms with Gasteiger partial charge in [0, 0.05) is 23.5 Å². The lowest BCUT2D eigenvalue weighted by atomic mass is 9.48. The first-order valence-corrected chi connectivity index (χ1v) is 11.6. The van der Waals surface area contributed by atoms with Gasteiger partial charge in [0.2, 0.25) is 0 Å². The van der Waals surface area contributed by atoms with Gasteiger partial charge in [0.25, 0.3) is 0 Å². The maximum atomic E-state index is 13.4. The van der Waals surface area contributed by atoms with Crippen LogP contribution in [0.25, 0.3) is 0 Å². The summed E-state index contributed by atoms with van der Waals surface area (Å²) >= 11 is 0. The van der Waals surface area contributed by atoms with E-state index in [-0.39, 0.29) is 17.1 Å². The Kier molecular flexibility index (Phi) is 4.37. The van der Waals surface area contributed by atoms with E-state index in [9.17, 15) is 9.18 Å². The van der Waals surface area contributed by atoms with Gasteiger partial charge in [-0.25, -0.2) is 9.18 Å². The van der Waals surface area contributed by atoms with Gasteiger partial charge in [-0.15, -0.1) is 0 Å². The Morgan fingerprint density at radius 1 is 1.03 bits per heavy atom. The molecule has 156 valence electrons. The summed E-state index contributed by atoms with van der Waals surface area (Å²) < 4.78 is 13.8. The van der Waals surface area contributed by atoms with Crippen LogP contribution in [0.5, 0.6) is 0 Å². The SMILES string of the molecule is C[C@@]12CCC[C@H]1[C@@H]1CC[C@@H]3[C@](C)(C=CC(=O)[N+]3(C)Cc3ccc(F)cc3)[C@H]1CC2. The van der Waals surface area contributed by atoms with Crippen LogP contribution >= 0.6 is 0 Å². The minimum Gasteiger partial charge on any atom is -0.252 e. The van der Waals surface area contributed by atoms with Gasteiger partial charge in [-0.05, 0) is 67.4 Å². The number of fused-ring (bicyclic) bond motifs is 5. The quantitative estimate of drug-likeness (QED) is 0.571. The monoisotopic (exact) mass is 396 g/mol. The smallest absolute Gasteiger partial charge is 0.252 e. The van der Waals surface area contributed by atoms with Gasteiger partial charge >= 0.3 is 5.91 Å². The van der Waals surface area contributed by atoms with Gasteiger partial charge < -0.3 is 0 Å². The van der Waals surface area contributed by atoms with E-state index in [4.69, 9.17) is 0 Å². The van der Waals surface area contributed by atoms with Gasteiger partial charge in [0.05, 0.1) is 7.05 Å². The second-order valence-electron chi connectivity index (χ2n) is 11.1. The topological polar surface area (TPSA) is 17.1 Å². The number of carbonyl (C=O) groups excluding carboxylic acids is 1. The van der Waals surface area contributed by atoms with Gasteiger partial charge in [-0.3, -0.25) is 4.48 Å². The third-order valence-corrected chi connectivity index (χ3v) is 9.71. The van der Waals surface area contributed by atoms with Crippen LogP contribution in [0.3, 0.4) is 0 Å². The molecule has 0 spiro atoms. The zero-order valence-corrected chi connectivity index (χ0v) is 18.2. The van der Waals surface area contributed by atoms with E-state index >= 15 is 0 Å². The van der Waals surface area contributed by atoms with Gasteiger partial charge in [0.15, 0.2) is 0 Å². The molecule has 3 fully saturated rings. The van der Waals surface area contributed by atoms with Crippen molar-refractivity contribution in [1.29, 1.82) is 0 Å². The zero-order chi connectivity index (χ0) is 20.4. The molecule has 5 rings (SSSR count). The van der Waals surface area contributed by atoms with Crippen molar-refractivity contribution in [3.63, 3.8) is 0 Å². The molecule has 1 amide bonds. The van der Waals surface area contributed by atoms with Crippen LogP contribution in [0, 0.1) is 34.4 Å². The fourth-order valence-corrected chi connectivity index (χ4v) is 8.23. The van der Waals surface area contributed by atoms with Gasteiger partial charge in [-0.2, -0.15) is 0 Å². The highest BCUT2D eigenvalue weighted by molar-refractivity contribution is 5.82. The number of halogens is 1. The maximum Gasteiger partial charge on any atom is 0.338 e. The number of quaternary nitrogens is 1. The molecule has 0 bridgehead atoms. The van der Waals surface area contributed by atoms with Crippen molar-refractivity contribution in [2.24, 2.45) is 28.6 Å². The molecule has 1 unspecified atom stereocenters. The molecule has 2 nitrogen and oxygen atoms in total. The molecular formula is C26H35FNO+. The minimum absolute atomic E-state index is 0.0789. The Bertz CT molecular complexity index is 847. The molecule has 1 aromatic carbocycles. The highest BCUT2D eigenvalue weighted by Crippen LogP contribution is 2.64. The summed E-state index contributed by atoms with van der Waals surface area (Å²) in [5.74, 6) is 2.37. The predicted octanol–water partition coefficient (Wildman–Crippen LogP) is 5.87. The first kappa shape index (κ1) is 19.5. The van der Waals surface area contributed by atoms with Crippen molar-refractivity contribution in [1.82, 2.24) is 0 Å². The third-order valence-electron chi connectivity index (χ3n) is 9.71. The standard InChI is InChI=1S/C26H35FNO/c1-25-14-4-5-21(25)20-10-11-23-26(2,22(20)12-15-25)16-13-24(29)28(23,3)17-18-6-8-19(27)9-7-18/h6-9,13,16,20-23H,4-5,10-12,14-15,17H2,1-3H3/q+1/t20-,21-,22-,23+,25-,26+,28?/m0/s1. The molecule has 1 aliphatic heterocycles. The molecule has 3 heteroatoms. The first-order chi connectivity index (χ1) is 13.8. The lowest BCUT2D eigenvalue weighted by Crippen LogP contribution is -2.67. The Labute approximate surface area is 174 Å². The number of rotatable bonds is 2. The second kappa shape index (κ2) is 6.51. The number of likely N-dealkylation sites (N-methyl/N-ethyl adjacent to an activating group) is 1. The summed E-state index contributed by atoms with van der Waals surface area (Å²) in [6, 6.07) is 7.04. The molecule has 0 radical (unpaired) electrons. The van der Waals surface area contributed by atoms with E-state index in [1.807, 2.05) is 18.2 Å². The van der Waals surface area contributed by atoms with E-state index in [0.29, 0.717) is 28.4 Å². The van der Waals surface area contributed by atoms with E-state index in [1.165, 1.54) is 50.7 Å². The highest BCUT2D eigenvalue weighted by atomic mass is 19.1. The van der Waals surface area contributed by atoms with E-state index in [0.717, 1.165) is 23.8 Å². The van der Waals surface area contributed by atoms with E-state index in [1.54, 1.807) is 0 Å². The first-order valence-electron chi connectivity index (χ1n) is 11.6. The summed E-state index contributed by atoms with van der Waals surface area (Å²) in [7, 11) is 2.13. The van der Waals surface area contributed by atoms with Crippen LogP contribution in [0.15, 0.2) is 36.4 Å². The maximum absolute atomic E-state index is 13.4. The number of benzene rings is 1. The molecule has 29 heavy (non-hydrogen) atoms. The summed E-state index contributed by atoms with van der Waals surface area (Å²) in [6.07, 6.45) is 13.4. The van der Waals surface area contributed by atoms with E-state index < -0.39 is 0 Å². The van der Waals surface area contributed by atoms with Crippen molar-refractivity contribution in [2.45, 2.75) is 71.4 Å². The van der Waals surface area contributed by atoms with Crippen LogP contribution < -0.4 is 0 Å². The lowest BCUT2D eigenvalue weighted by Gasteiger charge is -2.60. The summed E-state index contributed by atoms with van der Waals surface area (Å²) in [5.41, 5.74) is 1.69. The van der Waals surface area contributed by atoms with Crippen molar-refractivity contribution < 1.29 is 13.7 Å². The molecule has 4 aliphatic rings. The van der Waals surface area contributed by atoms with Gasteiger partial charge in [0.1, 0.15) is 18.4 Å². The molecule has 0 saturated heterocycles. The van der Waals surface area contributed by atoms with E-state index in [2.05, 4.69) is 27.0 Å². The van der Waals surface area contributed by atoms with Crippen molar-refractivity contribution in [3.05, 3.63) is 47.8 Å². The van der Waals surface area contributed by atoms with Crippen molar-refractivity contribution >= 4 is 5.91 Å². The molecule has 1 aromatic rings. The van der Waals surface area contributed by atoms with Gasteiger partial charge in [-0.1, -0.05) is 38.5 Å². The van der Waals surface area contributed by atoms with Crippen LogP contribution in [0.2, 0.25) is 0 Å². The highest BCUT2D eigenvalue weighted by Gasteiger charge is 2.62. The number of amides is 1. The number of nitrogens with zero attached hydrogens (tertiary/aromatic N) is 1. The minimum atomic E-state index is -0.214. The normalized spacial score (nSPS) is 46.1. The molecule has 1 heterocycles. The van der Waals surface area contributed by atoms with Crippen LogP contribution in [-0.4, -0.2) is 23.5 Å². The fourth-order valence-electron chi connectivity index (χ4n) is 8.23. The lowest BCUT2D eigenvalue weighted by molar-refractivity contribution is -0.882. The average molecular weight is 397 g/mol. The predicted molar refractivity (Wildman–Crippen MR) is 113 cm³/mol. The Morgan fingerprint density at radius 2 is 1.79 bits per heavy atom. The Morgan fingerprint density at radius 3 is 2.55 bits per heavy atom. The Hall–Kier alpha value is -1.48. The molecule has 0 aromatic heterocycles. The molecule has 3 saturated carbocycles. The van der Waals surface area contributed by atoms with Crippen LogP contribution in [0.4, 0.5) is 4.39 Å². The fraction of sp³-hybridized carbons (Fsp3) is 0.654. The van der Waals surface area contributed by atoms with Crippen molar-refractivity contribution in [3.8, 4) is 0 Å². The number of hydrogen-bond acceptors (Lipinski definition) is 1. The summed E-state index contributed by atoms with van der Waals surface area (Å²) in [4.78, 5) is 13.2. The molecule has 0 N–H and O–H groups in total.